The molecule has 0 aliphatic rings. The lowest BCUT2D eigenvalue weighted by Gasteiger charge is -2.40. The second-order valence-corrected chi connectivity index (χ2v) is 6.47. The first-order valence-corrected chi connectivity index (χ1v) is 6.95. The third kappa shape index (κ3) is 4.86. The van der Waals surface area contributed by atoms with Gasteiger partial charge in [-0.3, -0.25) is 0 Å². The van der Waals surface area contributed by atoms with E-state index in [9.17, 15) is 5.11 Å². The van der Waals surface area contributed by atoms with Crippen molar-refractivity contribution in [2.75, 3.05) is 0 Å². The molecule has 0 amide bonds. The van der Waals surface area contributed by atoms with Crippen molar-refractivity contribution in [2.45, 2.75) is 73.3 Å². The van der Waals surface area contributed by atoms with Crippen LogP contribution in [0.15, 0.2) is 0 Å². The Balaban J connectivity index is 4.75. The van der Waals surface area contributed by atoms with Gasteiger partial charge >= 0.3 is 0 Å². The summed E-state index contributed by atoms with van der Waals surface area (Å²) in [4.78, 5) is 0. The average Bonchev–Trinajstić information content (AvgIpc) is 2.12. The second kappa shape index (κ2) is 6.64. The van der Waals surface area contributed by atoms with Crippen LogP contribution in [0.1, 0.15) is 67.7 Å². The van der Waals surface area contributed by atoms with Crippen molar-refractivity contribution in [3.63, 3.8) is 0 Å². The molecule has 1 heteroatoms. The summed E-state index contributed by atoms with van der Waals surface area (Å²) in [5, 5.41) is 10.9. The Kier molecular flexibility index (Phi) is 6.62. The van der Waals surface area contributed by atoms with E-state index in [0.29, 0.717) is 23.7 Å². The van der Waals surface area contributed by atoms with E-state index < -0.39 is 5.60 Å². The quantitative estimate of drug-likeness (QED) is 0.680. The predicted octanol–water partition coefficient (Wildman–Crippen LogP) is 4.49. The molecule has 0 fully saturated rings. The highest BCUT2D eigenvalue weighted by Gasteiger charge is 2.37. The van der Waals surface area contributed by atoms with Gasteiger partial charge in [-0.2, -0.15) is 0 Å². The molecular formula is C15H32O. The van der Waals surface area contributed by atoms with Crippen LogP contribution in [0, 0.1) is 23.7 Å². The van der Waals surface area contributed by atoms with E-state index in [0.717, 1.165) is 19.3 Å². The Hall–Kier alpha value is -0.0400. The molecule has 1 nitrogen and oxygen atoms in total. The number of aliphatic hydroxyl groups is 1. The molecule has 2 atom stereocenters. The highest BCUT2D eigenvalue weighted by Crippen LogP contribution is 2.36. The Labute approximate surface area is 103 Å². The van der Waals surface area contributed by atoms with Crippen LogP contribution in [0.5, 0.6) is 0 Å². The monoisotopic (exact) mass is 228 g/mol. The molecule has 0 bridgehead atoms. The molecule has 0 aliphatic carbocycles. The zero-order valence-electron chi connectivity index (χ0n) is 12.4. The maximum atomic E-state index is 10.9. The van der Waals surface area contributed by atoms with Crippen molar-refractivity contribution >= 4 is 0 Å². The number of rotatable bonds is 7. The van der Waals surface area contributed by atoms with Gasteiger partial charge in [0.2, 0.25) is 0 Å². The minimum atomic E-state index is -0.474. The van der Waals surface area contributed by atoms with Gasteiger partial charge in [0, 0.05) is 0 Å². The van der Waals surface area contributed by atoms with E-state index in [-0.39, 0.29) is 0 Å². The van der Waals surface area contributed by atoms with E-state index in [4.69, 9.17) is 0 Å². The summed E-state index contributed by atoms with van der Waals surface area (Å²) in [5.74, 6) is 2.12. The van der Waals surface area contributed by atoms with E-state index >= 15 is 0 Å². The molecule has 0 rings (SSSR count). The molecule has 16 heavy (non-hydrogen) atoms. The van der Waals surface area contributed by atoms with Gasteiger partial charge < -0.3 is 5.11 Å². The van der Waals surface area contributed by atoms with Gasteiger partial charge in [-0.15, -0.1) is 0 Å². The first-order chi connectivity index (χ1) is 7.23. The Bertz CT molecular complexity index is 174. The topological polar surface area (TPSA) is 20.2 Å². The molecule has 0 aromatic heterocycles. The van der Waals surface area contributed by atoms with Crippen LogP contribution in [0.3, 0.4) is 0 Å². The van der Waals surface area contributed by atoms with Crippen LogP contribution in [0.4, 0.5) is 0 Å². The van der Waals surface area contributed by atoms with Crippen molar-refractivity contribution in [1.82, 2.24) is 0 Å². The fourth-order valence-corrected chi connectivity index (χ4v) is 2.75. The summed E-state index contributed by atoms with van der Waals surface area (Å²) >= 11 is 0. The first-order valence-electron chi connectivity index (χ1n) is 6.95. The van der Waals surface area contributed by atoms with Crippen LogP contribution >= 0.6 is 0 Å². The molecule has 98 valence electrons. The molecule has 0 aliphatic heterocycles. The van der Waals surface area contributed by atoms with Gasteiger partial charge in [-0.25, -0.2) is 0 Å². The average molecular weight is 228 g/mol. The zero-order valence-corrected chi connectivity index (χ0v) is 12.4. The second-order valence-electron chi connectivity index (χ2n) is 6.47. The molecule has 0 radical (unpaired) electrons. The van der Waals surface area contributed by atoms with E-state index in [1.807, 2.05) is 0 Å². The third-order valence-electron chi connectivity index (χ3n) is 3.87. The zero-order chi connectivity index (χ0) is 12.9. The standard InChI is InChI=1S/C15H32O/c1-8-13(6)14(7)15(16,9-11(2)3)10-12(4)5/h11-14,16H,8-10H2,1-7H3. The Morgan fingerprint density at radius 1 is 0.875 bits per heavy atom. The summed E-state index contributed by atoms with van der Waals surface area (Å²) in [7, 11) is 0. The lowest BCUT2D eigenvalue weighted by molar-refractivity contribution is -0.0640. The molecule has 1 N–H and O–H groups in total. The molecule has 0 saturated heterocycles. The summed E-state index contributed by atoms with van der Waals surface area (Å²) in [5.41, 5.74) is -0.474. The van der Waals surface area contributed by atoms with Crippen molar-refractivity contribution in [1.29, 1.82) is 0 Å². The van der Waals surface area contributed by atoms with Gasteiger partial charge in [0.1, 0.15) is 0 Å². The van der Waals surface area contributed by atoms with Crippen LogP contribution < -0.4 is 0 Å². The molecule has 0 aromatic carbocycles. The predicted molar refractivity (Wildman–Crippen MR) is 72.5 cm³/mol. The van der Waals surface area contributed by atoms with Crippen molar-refractivity contribution in [3.8, 4) is 0 Å². The first kappa shape index (κ1) is 16.0. The maximum absolute atomic E-state index is 10.9. The normalized spacial score (nSPS) is 16.9. The van der Waals surface area contributed by atoms with Crippen LogP contribution in [0.25, 0.3) is 0 Å². The minimum Gasteiger partial charge on any atom is -0.390 e. The lowest BCUT2D eigenvalue weighted by Crippen LogP contribution is -2.42. The largest absolute Gasteiger partial charge is 0.390 e. The molecule has 0 spiro atoms. The highest BCUT2D eigenvalue weighted by atomic mass is 16.3. The molecule has 2 unspecified atom stereocenters. The highest BCUT2D eigenvalue weighted by molar-refractivity contribution is 4.88. The van der Waals surface area contributed by atoms with Gasteiger partial charge in [0.25, 0.3) is 0 Å². The van der Waals surface area contributed by atoms with Crippen molar-refractivity contribution in [3.05, 3.63) is 0 Å². The lowest BCUT2D eigenvalue weighted by atomic mass is 9.71. The Morgan fingerprint density at radius 2 is 1.25 bits per heavy atom. The minimum absolute atomic E-state index is 0.391. The SMILES string of the molecule is CCC(C)C(C)C(O)(CC(C)C)CC(C)C. The van der Waals surface area contributed by atoms with E-state index in [2.05, 4.69) is 48.5 Å². The fourth-order valence-electron chi connectivity index (χ4n) is 2.75. The van der Waals surface area contributed by atoms with Crippen molar-refractivity contribution in [2.24, 2.45) is 23.7 Å². The summed E-state index contributed by atoms with van der Waals surface area (Å²) in [6.07, 6.45) is 3.01. The molecule has 0 saturated carbocycles. The van der Waals surface area contributed by atoms with E-state index in [1.54, 1.807) is 0 Å². The summed E-state index contributed by atoms with van der Waals surface area (Å²) in [6.45, 7) is 15.5. The van der Waals surface area contributed by atoms with Crippen LogP contribution in [-0.4, -0.2) is 10.7 Å². The van der Waals surface area contributed by atoms with Gasteiger partial charge in [0.15, 0.2) is 0 Å². The maximum Gasteiger partial charge on any atom is 0.0680 e. The molecule has 0 heterocycles. The van der Waals surface area contributed by atoms with Gasteiger partial charge in [-0.05, 0) is 36.5 Å². The van der Waals surface area contributed by atoms with Crippen molar-refractivity contribution < 1.29 is 5.11 Å². The molecule has 0 aromatic rings. The van der Waals surface area contributed by atoms with Crippen LogP contribution in [0.2, 0.25) is 0 Å². The summed E-state index contributed by atoms with van der Waals surface area (Å²) in [6, 6.07) is 0. The smallest absolute Gasteiger partial charge is 0.0680 e. The number of hydrogen-bond donors (Lipinski definition) is 1. The Morgan fingerprint density at radius 3 is 1.50 bits per heavy atom. The van der Waals surface area contributed by atoms with Crippen LogP contribution in [-0.2, 0) is 0 Å². The van der Waals surface area contributed by atoms with Gasteiger partial charge in [-0.1, -0.05) is 54.9 Å². The van der Waals surface area contributed by atoms with E-state index in [1.165, 1.54) is 0 Å². The number of hydrogen-bond acceptors (Lipinski definition) is 1. The fraction of sp³-hybridized carbons (Fsp3) is 1.00. The van der Waals surface area contributed by atoms with Gasteiger partial charge in [0.05, 0.1) is 5.60 Å². The third-order valence-corrected chi connectivity index (χ3v) is 3.87. The summed E-state index contributed by atoms with van der Waals surface area (Å²) < 4.78 is 0. The molecular weight excluding hydrogens is 196 g/mol.